The van der Waals surface area contributed by atoms with Crippen LogP contribution in [0.1, 0.15) is 20.3 Å². The highest BCUT2D eigenvalue weighted by Gasteiger charge is 2.14. The average Bonchev–Trinajstić information content (AvgIpc) is 1.88. The predicted octanol–water partition coefficient (Wildman–Crippen LogP) is 1.85. The lowest BCUT2D eigenvalue weighted by molar-refractivity contribution is 0.132. The van der Waals surface area contributed by atoms with Crippen molar-refractivity contribution < 1.29 is 5.11 Å². The van der Waals surface area contributed by atoms with Crippen molar-refractivity contribution in [2.24, 2.45) is 11.8 Å². The van der Waals surface area contributed by atoms with Crippen LogP contribution in [0.25, 0.3) is 0 Å². The molecule has 0 spiro atoms. The van der Waals surface area contributed by atoms with E-state index in [1.807, 2.05) is 13.8 Å². The second-order valence-electron chi connectivity index (χ2n) is 3.18. The lowest BCUT2D eigenvalue weighted by Gasteiger charge is -2.16. The van der Waals surface area contributed by atoms with Crippen molar-refractivity contribution in [1.29, 1.82) is 5.41 Å². The van der Waals surface area contributed by atoms with E-state index in [0.29, 0.717) is 5.92 Å². The van der Waals surface area contributed by atoms with Crippen molar-refractivity contribution in [3.63, 3.8) is 0 Å². The molecule has 64 valence electrons. The smallest absolute Gasteiger partial charge is 0.0654 e. The van der Waals surface area contributed by atoms with E-state index in [2.05, 4.69) is 6.58 Å². The molecular weight excluding hydrogens is 138 g/mol. The van der Waals surface area contributed by atoms with Crippen molar-refractivity contribution in [2.45, 2.75) is 26.4 Å². The number of aliphatic hydroxyl groups is 1. The van der Waals surface area contributed by atoms with Gasteiger partial charge < -0.3 is 10.5 Å². The Labute approximate surface area is 68.4 Å². The minimum atomic E-state index is -0.440. The molecule has 0 aliphatic rings. The van der Waals surface area contributed by atoms with Crippen molar-refractivity contribution in [2.75, 3.05) is 0 Å². The standard InChI is InChI=1S/C9H17NO/c1-4-8(6-10)9(11)5-7(2)3/h4,6-11H,1,5H2,2-3H3. The zero-order chi connectivity index (χ0) is 8.85. The fraction of sp³-hybridized carbons (Fsp3) is 0.667. The van der Waals surface area contributed by atoms with E-state index in [-0.39, 0.29) is 5.92 Å². The van der Waals surface area contributed by atoms with Gasteiger partial charge in [0.1, 0.15) is 0 Å². The van der Waals surface area contributed by atoms with Gasteiger partial charge in [-0.25, -0.2) is 0 Å². The Kier molecular flexibility index (Phi) is 4.79. The molecule has 0 aliphatic heterocycles. The Balaban J connectivity index is 3.87. The summed E-state index contributed by atoms with van der Waals surface area (Å²) in [6.45, 7) is 7.65. The van der Waals surface area contributed by atoms with Crippen LogP contribution in [-0.4, -0.2) is 17.4 Å². The maximum atomic E-state index is 9.46. The van der Waals surface area contributed by atoms with Crippen LogP contribution in [0.2, 0.25) is 0 Å². The maximum Gasteiger partial charge on any atom is 0.0654 e. The molecule has 2 atom stereocenters. The van der Waals surface area contributed by atoms with Crippen LogP contribution in [0.15, 0.2) is 12.7 Å². The third-order valence-electron chi connectivity index (χ3n) is 1.62. The van der Waals surface area contributed by atoms with Gasteiger partial charge in [0.05, 0.1) is 6.10 Å². The summed E-state index contributed by atoms with van der Waals surface area (Å²) in [5.41, 5.74) is 0. The number of hydrogen-bond acceptors (Lipinski definition) is 2. The van der Waals surface area contributed by atoms with Crippen LogP contribution in [0.5, 0.6) is 0 Å². The van der Waals surface area contributed by atoms with Gasteiger partial charge in [-0.15, -0.1) is 6.58 Å². The Bertz CT molecular complexity index is 124. The van der Waals surface area contributed by atoms with Gasteiger partial charge in [0.2, 0.25) is 0 Å². The fourth-order valence-electron chi connectivity index (χ4n) is 0.976. The first kappa shape index (κ1) is 10.4. The topological polar surface area (TPSA) is 44.1 Å². The zero-order valence-electron chi connectivity index (χ0n) is 7.25. The van der Waals surface area contributed by atoms with Crippen molar-refractivity contribution in [1.82, 2.24) is 0 Å². The lowest BCUT2D eigenvalue weighted by Crippen LogP contribution is -2.21. The summed E-state index contributed by atoms with van der Waals surface area (Å²) in [7, 11) is 0. The summed E-state index contributed by atoms with van der Waals surface area (Å²) in [4.78, 5) is 0. The molecule has 2 unspecified atom stereocenters. The molecule has 2 heteroatoms. The molecule has 0 aromatic heterocycles. The van der Waals surface area contributed by atoms with E-state index in [0.717, 1.165) is 6.42 Å². The highest BCUT2D eigenvalue weighted by atomic mass is 16.3. The summed E-state index contributed by atoms with van der Waals surface area (Å²) >= 11 is 0. The number of aliphatic hydroxyl groups excluding tert-OH is 1. The molecule has 0 bridgehead atoms. The van der Waals surface area contributed by atoms with E-state index in [1.54, 1.807) is 6.08 Å². The highest BCUT2D eigenvalue weighted by molar-refractivity contribution is 5.60. The van der Waals surface area contributed by atoms with Crippen molar-refractivity contribution in [3.8, 4) is 0 Å². The van der Waals surface area contributed by atoms with Gasteiger partial charge in [-0.2, -0.15) is 0 Å². The first-order valence-electron chi connectivity index (χ1n) is 3.93. The minimum Gasteiger partial charge on any atom is -0.392 e. The van der Waals surface area contributed by atoms with Crippen LogP contribution in [0.3, 0.4) is 0 Å². The van der Waals surface area contributed by atoms with Gasteiger partial charge >= 0.3 is 0 Å². The molecular formula is C9H17NO. The second-order valence-corrected chi connectivity index (χ2v) is 3.18. The van der Waals surface area contributed by atoms with Gasteiger partial charge in [-0.05, 0) is 12.3 Å². The number of rotatable bonds is 5. The van der Waals surface area contributed by atoms with Gasteiger partial charge in [0.25, 0.3) is 0 Å². The van der Waals surface area contributed by atoms with Crippen LogP contribution < -0.4 is 0 Å². The second kappa shape index (κ2) is 5.08. The molecule has 0 fully saturated rings. The van der Waals surface area contributed by atoms with E-state index >= 15 is 0 Å². The summed E-state index contributed by atoms with van der Waals surface area (Å²) in [6, 6.07) is 0. The molecule has 11 heavy (non-hydrogen) atoms. The molecule has 0 aliphatic carbocycles. The van der Waals surface area contributed by atoms with E-state index in [9.17, 15) is 5.11 Å². The molecule has 0 aromatic rings. The number of nitrogens with one attached hydrogen (secondary N) is 1. The fourth-order valence-corrected chi connectivity index (χ4v) is 0.976. The van der Waals surface area contributed by atoms with Crippen LogP contribution in [0, 0.1) is 17.2 Å². The van der Waals surface area contributed by atoms with Crippen molar-refractivity contribution in [3.05, 3.63) is 12.7 Å². The number of hydrogen-bond donors (Lipinski definition) is 2. The molecule has 0 heterocycles. The Morgan fingerprint density at radius 2 is 2.09 bits per heavy atom. The normalized spacial score (nSPS) is 16.0. The van der Waals surface area contributed by atoms with Crippen LogP contribution in [0.4, 0.5) is 0 Å². The summed E-state index contributed by atoms with van der Waals surface area (Å²) < 4.78 is 0. The quantitative estimate of drug-likeness (QED) is 0.462. The summed E-state index contributed by atoms with van der Waals surface area (Å²) in [5, 5.41) is 16.4. The average molecular weight is 155 g/mol. The summed E-state index contributed by atoms with van der Waals surface area (Å²) in [6.07, 6.45) is 3.14. The first-order valence-corrected chi connectivity index (χ1v) is 3.93. The van der Waals surface area contributed by atoms with E-state index in [4.69, 9.17) is 5.41 Å². The predicted molar refractivity (Wildman–Crippen MR) is 47.9 cm³/mol. The molecule has 0 amide bonds. The molecule has 0 radical (unpaired) electrons. The molecule has 0 saturated heterocycles. The third-order valence-corrected chi connectivity index (χ3v) is 1.62. The van der Waals surface area contributed by atoms with Gasteiger partial charge in [0, 0.05) is 12.1 Å². The van der Waals surface area contributed by atoms with E-state index < -0.39 is 6.10 Å². The zero-order valence-corrected chi connectivity index (χ0v) is 7.25. The summed E-state index contributed by atoms with van der Waals surface area (Å²) in [5.74, 6) is 0.282. The monoisotopic (exact) mass is 155 g/mol. The Morgan fingerprint density at radius 3 is 2.36 bits per heavy atom. The SMILES string of the molecule is C=CC(C=N)C(O)CC(C)C. The van der Waals surface area contributed by atoms with Crippen molar-refractivity contribution >= 4 is 6.21 Å². The molecule has 0 aromatic carbocycles. The molecule has 0 rings (SSSR count). The highest BCUT2D eigenvalue weighted by Crippen LogP contribution is 2.12. The molecule has 2 nitrogen and oxygen atoms in total. The lowest BCUT2D eigenvalue weighted by atomic mass is 9.95. The van der Waals surface area contributed by atoms with Crippen LogP contribution >= 0.6 is 0 Å². The first-order chi connectivity index (χ1) is 5.11. The van der Waals surface area contributed by atoms with Gasteiger partial charge in [-0.1, -0.05) is 19.9 Å². The Morgan fingerprint density at radius 1 is 1.55 bits per heavy atom. The van der Waals surface area contributed by atoms with E-state index in [1.165, 1.54) is 6.21 Å². The Hall–Kier alpha value is -0.630. The minimum absolute atomic E-state index is 0.183. The molecule has 0 saturated carbocycles. The largest absolute Gasteiger partial charge is 0.392 e. The van der Waals surface area contributed by atoms with Crippen LogP contribution in [-0.2, 0) is 0 Å². The van der Waals surface area contributed by atoms with Gasteiger partial charge in [-0.3, -0.25) is 0 Å². The van der Waals surface area contributed by atoms with Gasteiger partial charge in [0.15, 0.2) is 0 Å². The molecule has 2 N–H and O–H groups in total. The maximum absolute atomic E-state index is 9.46. The third kappa shape index (κ3) is 3.94.